The van der Waals surface area contributed by atoms with Crippen molar-refractivity contribution in [2.24, 2.45) is 0 Å². The Labute approximate surface area is 105 Å². The normalized spacial score (nSPS) is 10.4. The zero-order valence-corrected chi connectivity index (χ0v) is 10.7. The fraction of sp³-hybridized carbons (Fsp3) is 0.182. The molecule has 0 aliphatic carbocycles. The molecule has 84 valence electrons. The van der Waals surface area contributed by atoms with Gasteiger partial charge in [0.15, 0.2) is 5.82 Å². The number of halogens is 2. The molecule has 0 radical (unpaired) electrons. The Morgan fingerprint density at radius 1 is 1.50 bits per heavy atom. The van der Waals surface area contributed by atoms with Crippen LogP contribution in [0.1, 0.15) is 4.88 Å². The van der Waals surface area contributed by atoms with Crippen LogP contribution in [0.3, 0.4) is 0 Å². The summed E-state index contributed by atoms with van der Waals surface area (Å²) < 4.78 is 19.2. The second-order valence-corrected chi connectivity index (χ2v) is 5.07. The van der Waals surface area contributed by atoms with Gasteiger partial charge in [-0.2, -0.15) is 0 Å². The molecule has 2 nitrogen and oxygen atoms in total. The highest BCUT2D eigenvalue weighted by Crippen LogP contribution is 2.18. The van der Waals surface area contributed by atoms with E-state index in [0.29, 0.717) is 11.1 Å². The molecule has 0 spiro atoms. The van der Waals surface area contributed by atoms with Crippen LogP contribution in [-0.2, 0) is 6.42 Å². The standard InChI is InChI=1S/C11H9BrFNOS/c12-8-6-10(13)11(14-7-8)15-4-3-9-2-1-5-16-9/h1-2,5-7H,3-4H2. The largest absolute Gasteiger partial charge is 0.475 e. The SMILES string of the molecule is Fc1cc(Br)cnc1OCCc1cccs1. The van der Waals surface area contributed by atoms with E-state index in [4.69, 9.17) is 4.74 Å². The van der Waals surface area contributed by atoms with Gasteiger partial charge < -0.3 is 4.74 Å². The van der Waals surface area contributed by atoms with E-state index in [0.717, 1.165) is 6.42 Å². The van der Waals surface area contributed by atoms with Gasteiger partial charge in [0, 0.05) is 22.0 Å². The predicted molar refractivity (Wildman–Crippen MR) is 65.4 cm³/mol. The highest BCUT2D eigenvalue weighted by atomic mass is 79.9. The highest BCUT2D eigenvalue weighted by Gasteiger charge is 2.05. The minimum Gasteiger partial charge on any atom is -0.475 e. The zero-order valence-electron chi connectivity index (χ0n) is 8.32. The maximum absolute atomic E-state index is 13.3. The van der Waals surface area contributed by atoms with Gasteiger partial charge in [-0.05, 0) is 33.4 Å². The zero-order chi connectivity index (χ0) is 11.4. The second kappa shape index (κ2) is 5.41. The van der Waals surface area contributed by atoms with E-state index < -0.39 is 5.82 Å². The summed E-state index contributed by atoms with van der Waals surface area (Å²) in [6.07, 6.45) is 2.29. The second-order valence-electron chi connectivity index (χ2n) is 3.12. The Hall–Kier alpha value is -0.940. The van der Waals surface area contributed by atoms with Gasteiger partial charge in [-0.15, -0.1) is 11.3 Å². The van der Waals surface area contributed by atoms with Crippen LogP contribution in [0.2, 0.25) is 0 Å². The lowest BCUT2D eigenvalue weighted by molar-refractivity contribution is 0.293. The molecular weight excluding hydrogens is 293 g/mol. The molecule has 2 heterocycles. The van der Waals surface area contributed by atoms with E-state index in [1.54, 1.807) is 11.3 Å². The van der Waals surface area contributed by atoms with Crippen LogP contribution < -0.4 is 4.74 Å². The first-order valence-electron chi connectivity index (χ1n) is 4.72. The molecule has 2 aromatic heterocycles. The van der Waals surface area contributed by atoms with Gasteiger partial charge in [0.2, 0.25) is 5.88 Å². The van der Waals surface area contributed by atoms with Crippen molar-refractivity contribution in [1.29, 1.82) is 0 Å². The number of pyridine rings is 1. The molecule has 0 fully saturated rings. The van der Waals surface area contributed by atoms with Gasteiger partial charge in [0.1, 0.15) is 0 Å². The molecule has 0 saturated carbocycles. The average molecular weight is 302 g/mol. The van der Waals surface area contributed by atoms with Crippen LogP contribution in [0.5, 0.6) is 5.88 Å². The summed E-state index contributed by atoms with van der Waals surface area (Å²) in [4.78, 5) is 5.08. The van der Waals surface area contributed by atoms with E-state index in [9.17, 15) is 4.39 Å². The van der Waals surface area contributed by atoms with Crippen molar-refractivity contribution in [2.75, 3.05) is 6.61 Å². The lowest BCUT2D eigenvalue weighted by atomic mass is 10.4. The predicted octanol–water partition coefficient (Wildman–Crippen LogP) is 3.67. The molecule has 0 atom stereocenters. The van der Waals surface area contributed by atoms with E-state index in [-0.39, 0.29) is 5.88 Å². The summed E-state index contributed by atoms with van der Waals surface area (Å²) in [6.45, 7) is 0.437. The molecule has 0 amide bonds. The van der Waals surface area contributed by atoms with Crippen molar-refractivity contribution in [3.63, 3.8) is 0 Å². The van der Waals surface area contributed by atoms with Gasteiger partial charge in [-0.3, -0.25) is 0 Å². The smallest absolute Gasteiger partial charge is 0.250 e. The van der Waals surface area contributed by atoms with Gasteiger partial charge in [-0.25, -0.2) is 9.37 Å². The average Bonchev–Trinajstić information content (AvgIpc) is 2.74. The number of aromatic nitrogens is 1. The summed E-state index contributed by atoms with van der Waals surface area (Å²) in [5.74, 6) is -0.389. The number of rotatable bonds is 4. The number of hydrogen-bond donors (Lipinski definition) is 0. The van der Waals surface area contributed by atoms with Crippen molar-refractivity contribution >= 4 is 27.3 Å². The van der Waals surface area contributed by atoms with Crippen molar-refractivity contribution in [3.05, 3.63) is 44.9 Å². The molecule has 0 saturated heterocycles. The van der Waals surface area contributed by atoms with Crippen molar-refractivity contribution in [2.45, 2.75) is 6.42 Å². The summed E-state index contributed by atoms with van der Waals surface area (Å²) in [5.41, 5.74) is 0. The third kappa shape index (κ3) is 3.02. The molecule has 2 rings (SSSR count). The summed E-state index contributed by atoms with van der Waals surface area (Å²) in [7, 11) is 0. The molecule has 0 aliphatic rings. The van der Waals surface area contributed by atoms with Gasteiger partial charge in [-0.1, -0.05) is 6.07 Å². The minimum absolute atomic E-state index is 0.0553. The maximum Gasteiger partial charge on any atom is 0.250 e. The molecule has 2 aromatic rings. The van der Waals surface area contributed by atoms with E-state index in [1.807, 2.05) is 17.5 Å². The van der Waals surface area contributed by atoms with Crippen LogP contribution in [0.4, 0.5) is 4.39 Å². The van der Waals surface area contributed by atoms with Crippen LogP contribution in [-0.4, -0.2) is 11.6 Å². The monoisotopic (exact) mass is 301 g/mol. The van der Waals surface area contributed by atoms with Crippen molar-refractivity contribution in [1.82, 2.24) is 4.98 Å². The number of ether oxygens (including phenoxy) is 1. The summed E-state index contributed by atoms with van der Waals surface area (Å²) in [5, 5.41) is 2.01. The lowest BCUT2D eigenvalue weighted by Gasteiger charge is -2.05. The molecule has 0 aliphatic heterocycles. The van der Waals surface area contributed by atoms with E-state index >= 15 is 0 Å². The fourth-order valence-corrected chi connectivity index (χ4v) is 2.20. The van der Waals surface area contributed by atoms with E-state index in [2.05, 4.69) is 20.9 Å². The Balaban J connectivity index is 1.90. The van der Waals surface area contributed by atoms with Gasteiger partial charge in [0.25, 0.3) is 0 Å². The molecule has 0 bridgehead atoms. The fourth-order valence-electron chi connectivity index (χ4n) is 1.21. The lowest BCUT2D eigenvalue weighted by Crippen LogP contribution is -2.03. The first kappa shape index (κ1) is 11.5. The molecular formula is C11H9BrFNOS. The Bertz CT molecular complexity index is 461. The highest BCUT2D eigenvalue weighted by molar-refractivity contribution is 9.10. The van der Waals surface area contributed by atoms with Crippen LogP contribution in [0.15, 0.2) is 34.2 Å². The maximum atomic E-state index is 13.3. The summed E-state index contributed by atoms with van der Waals surface area (Å²) in [6, 6.07) is 5.35. The van der Waals surface area contributed by atoms with E-state index in [1.165, 1.54) is 17.1 Å². The van der Waals surface area contributed by atoms with Gasteiger partial charge in [0.05, 0.1) is 6.61 Å². The Kier molecular flexibility index (Phi) is 3.90. The molecule has 0 aromatic carbocycles. The van der Waals surface area contributed by atoms with Crippen LogP contribution in [0, 0.1) is 5.82 Å². The minimum atomic E-state index is -0.444. The topological polar surface area (TPSA) is 22.1 Å². The Morgan fingerprint density at radius 2 is 2.38 bits per heavy atom. The van der Waals surface area contributed by atoms with Crippen LogP contribution >= 0.6 is 27.3 Å². The summed E-state index contributed by atoms with van der Waals surface area (Å²) >= 11 is 4.80. The first-order valence-corrected chi connectivity index (χ1v) is 6.39. The molecule has 16 heavy (non-hydrogen) atoms. The number of hydrogen-bond acceptors (Lipinski definition) is 3. The van der Waals surface area contributed by atoms with Gasteiger partial charge >= 0.3 is 0 Å². The molecule has 0 N–H and O–H groups in total. The third-order valence-electron chi connectivity index (χ3n) is 1.94. The molecule has 0 unspecified atom stereocenters. The third-order valence-corrected chi connectivity index (χ3v) is 3.31. The quantitative estimate of drug-likeness (QED) is 0.860. The first-order chi connectivity index (χ1) is 7.75. The van der Waals surface area contributed by atoms with Crippen molar-refractivity contribution < 1.29 is 9.13 Å². The Morgan fingerprint density at radius 3 is 3.06 bits per heavy atom. The van der Waals surface area contributed by atoms with Crippen LogP contribution in [0.25, 0.3) is 0 Å². The molecule has 5 heteroatoms. The van der Waals surface area contributed by atoms with Crippen molar-refractivity contribution in [3.8, 4) is 5.88 Å². The number of nitrogens with zero attached hydrogens (tertiary/aromatic N) is 1. The number of thiophene rings is 1.